The quantitative estimate of drug-likeness (QED) is 0.469. The van der Waals surface area contributed by atoms with Crippen molar-refractivity contribution in [1.82, 2.24) is 0 Å². The summed E-state index contributed by atoms with van der Waals surface area (Å²) in [5.74, 6) is -1.65. The van der Waals surface area contributed by atoms with E-state index in [4.69, 9.17) is 5.11 Å². The van der Waals surface area contributed by atoms with E-state index in [1.807, 2.05) is 22.6 Å². The molecule has 0 aromatic heterocycles. The van der Waals surface area contributed by atoms with Gasteiger partial charge >= 0.3 is 11.9 Å². The second-order valence-corrected chi connectivity index (χ2v) is 5.14. The highest BCUT2D eigenvalue weighted by atomic mass is 127. The molecule has 0 rings (SSSR count). The highest BCUT2D eigenvalue weighted by molar-refractivity contribution is 14.1. The molecule has 0 spiro atoms. The first-order chi connectivity index (χ1) is 4.84. The Morgan fingerprint density at radius 2 is 2.00 bits per heavy atom. The Kier molecular flexibility index (Phi) is 3.77. The van der Waals surface area contributed by atoms with E-state index in [2.05, 4.69) is 4.74 Å². The van der Waals surface area contributed by atoms with Gasteiger partial charge in [0, 0.05) is 0 Å². The molecule has 0 fully saturated rings. The fourth-order valence-corrected chi connectivity index (χ4v) is 0.455. The topological polar surface area (TPSA) is 63.6 Å². The monoisotopic (exact) mass is 272 g/mol. The van der Waals surface area contributed by atoms with Gasteiger partial charge in [-0.2, -0.15) is 0 Å². The van der Waals surface area contributed by atoms with Gasteiger partial charge in [0.25, 0.3) is 0 Å². The fourth-order valence-electron chi connectivity index (χ4n) is 0.299. The largest absolute Gasteiger partial charge is 0.479 e. The summed E-state index contributed by atoms with van der Waals surface area (Å²) in [6.45, 7) is 2.74. The number of aliphatic carboxylic acids is 1. The maximum atomic E-state index is 10.9. The molecule has 0 aromatic carbocycles. The SMILES string of the molecule is CC(C)(I)C(=O)OCC(=O)O. The molecular formula is C6H9IO4. The molecule has 0 bridgehead atoms. The number of carbonyl (C=O) groups is 2. The molecule has 0 unspecified atom stereocenters. The summed E-state index contributed by atoms with van der Waals surface area (Å²) in [5, 5.41) is 8.15. The van der Waals surface area contributed by atoms with Gasteiger partial charge in [-0.15, -0.1) is 0 Å². The maximum Gasteiger partial charge on any atom is 0.341 e. The molecule has 0 aliphatic heterocycles. The van der Waals surface area contributed by atoms with Crippen molar-refractivity contribution in [3.05, 3.63) is 0 Å². The molecule has 0 amide bonds. The zero-order valence-corrected chi connectivity index (χ0v) is 8.41. The fraction of sp³-hybridized carbons (Fsp3) is 0.667. The normalized spacial score (nSPS) is 10.8. The van der Waals surface area contributed by atoms with E-state index in [-0.39, 0.29) is 0 Å². The first-order valence-corrected chi connectivity index (χ1v) is 4.00. The average molecular weight is 272 g/mol. The van der Waals surface area contributed by atoms with Crippen LogP contribution in [0.1, 0.15) is 13.8 Å². The van der Waals surface area contributed by atoms with E-state index in [0.717, 1.165) is 0 Å². The summed E-state index contributed by atoms with van der Waals surface area (Å²) in [5.41, 5.74) is 0. The number of carbonyl (C=O) groups excluding carboxylic acids is 1. The molecule has 5 heteroatoms. The first kappa shape index (κ1) is 10.7. The molecule has 0 aliphatic carbocycles. The molecule has 0 aromatic rings. The van der Waals surface area contributed by atoms with E-state index in [1.54, 1.807) is 13.8 Å². The van der Waals surface area contributed by atoms with Crippen molar-refractivity contribution in [2.45, 2.75) is 17.3 Å². The molecular weight excluding hydrogens is 263 g/mol. The number of carboxylic acid groups (broad SMARTS) is 1. The van der Waals surface area contributed by atoms with Gasteiger partial charge < -0.3 is 9.84 Å². The van der Waals surface area contributed by atoms with Gasteiger partial charge in [0.1, 0.15) is 3.42 Å². The summed E-state index contributed by atoms with van der Waals surface area (Å²) in [4.78, 5) is 20.8. The third-order valence-electron chi connectivity index (χ3n) is 0.812. The highest BCUT2D eigenvalue weighted by Gasteiger charge is 2.25. The lowest BCUT2D eigenvalue weighted by atomic mass is 10.2. The predicted molar refractivity (Wildman–Crippen MR) is 46.7 cm³/mol. The number of hydrogen-bond donors (Lipinski definition) is 1. The van der Waals surface area contributed by atoms with E-state index in [0.29, 0.717) is 0 Å². The van der Waals surface area contributed by atoms with Gasteiger partial charge in [-0.05, 0) is 13.8 Å². The van der Waals surface area contributed by atoms with Crippen LogP contribution in [0.2, 0.25) is 0 Å². The van der Waals surface area contributed by atoms with E-state index < -0.39 is 22.0 Å². The van der Waals surface area contributed by atoms with Crippen molar-refractivity contribution in [3.63, 3.8) is 0 Å². The van der Waals surface area contributed by atoms with Crippen LogP contribution in [-0.4, -0.2) is 27.1 Å². The summed E-state index contributed by atoms with van der Waals surface area (Å²) in [6, 6.07) is 0. The van der Waals surface area contributed by atoms with Gasteiger partial charge in [-0.1, -0.05) is 22.6 Å². The van der Waals surface area contributed by atoms with Crippen LogP contribution in [0, 0.1) is 0 Å². The number of ether oxygens (including phenoxy) is 1. The molecule has 0 aliphatic rings. The summed E-state index contributed by atoms with van der Waals surface area (Å²) >= 11 is 1.88. The van der Waals surface area contributed by atoms with Crippen LogP contribution in [0.3, 0.4) is 0 Å². The van der Waals surface area contributed by atoms with Crippen molar-refractivity contribution in [3.8, 4) is 0 Å². The number of rotatable bonds is 3. The van der Waals surface area contributed by atoms with Crippen molar-refractivity contribution in [2.24, 2.45) is 0 Å². The second kappa shape index (κ2) is 3.89. The Bertz CT molecular complexity index is 170. The third kappa shape index (κ3) is 5.00. The molecule has 11 heavy (non-hydrogen) atoms. The Labute approximate surface area is 78.1 Å². The summed E-state index contributed by atoms with van der Waals surface area (Å²) in [7, 11) is 0. The van der Waals surface area contributed by atoms with E-state index in [1.165, 1.54) is 0 Å². The maximum absolute atomic E-state index is 10.9. The molecule has 64 valence electrons. The smallest absolute Gasteiger partial charge is 0.341 e. The minimum absolute atomic E-state index is 0.513. The molecule has 0 atom stereocenters. The first-order valence-electron chi connectivity index (χ1n) is 2.92. The number of carboxylic acids is 1. The number of esters is 1. The van der Waals surface area contributed by atoms with Crippen molar-refractivity contribution >= 4 is 34.5 Å². The molecule has 0 heterocycles. The summed E-state index contributed by atoms with van der Waals surface area (Å²) in [6.07, 6.45) is 0. The van der Waals surface area contributed by atoms with Crippen LogP contribution >= 0.6 is 22.6 Å². The minimum Gasteiger partial charge on any atom is -0.479 e. The zero-order chi connectivity index (χ0) is 9.07. The Hall–Kier alpha value is -0.330. The van der Waals surface area contributed by atoms with Crippen molar-refractivity contribution in [1.29, 1.82) is 0 Å². The minimum atomic E-state index is -1.14. The van der Waals surface area contributed by atoms with Crippen molar-refractivity contribution in [2.75, 3.05) is 6.61 Å². The lowest BCUT2D eigenvalue weighted by Gasteiger charge is -2.13. The van der Waals surface area contributed by atoms with Crippen LogP contribution in [-0.2, 0) is 14.3 Å². The Morgan fingerprint density at radius 3 is 2.27 bits per heavy atom. The number of alkyl halides is 1. The third-order valence-corrected chi connectivity index (χ3v) is 1.25. The van der Waals surface area contributed by atoms with Crippen LogP contribution < -0.4 is 0 Å². The molecule has 0 saturated heterocycles. The van der Waals surface area contributed by atoms with Gasteiger partial charge in [-0.3, -0.25) is 4.79 Å². The lowest BCUT2D eigenvalue weighted by molar-refractivity contribution is -0.155. The number of hydrogen-bond acceptors (Lipinski definition) is 3. The van der Waals surface area contributed by atoms with Crippen LogP contribution in [0.5, 0.6) is 0 Å². The standard InChI is InChI=1S/C6H9IO4/c1-6(2,7)5(10)11-3-4(8)9/h3H2,1-2H3,(H,8,9). The predicted octanol–water partition coefficient (Wildman–Crippen LogP) is 0.828. The van der Waals surface area contributed by atoms with Gasteiger partial charge in [-0.25, -0.2) is 4.79 Å². The average Bonchev–Trinajstić information content (AvgIpc) is 1.80. The second-order valence-electron chi connectivity index (χ2n) is 2.44. The highest BCUT2D eigenvalue weighted by Crippen LogP contribution is 2.17. The zero-order valence-electron chi connectivity index (χ0n) is 6.26. The summed E-state index contributed by atoms with van der Waals surface area (Å²) < 4.78 is 3.76. The van der Waals surface area contributed by atoms with Crippen LogP contribution in [0.25, 0.3) is 0 Å². The van der Waals surface area contributed by atoms with E-state index >= 15 is 0 Å². The van der Waals surface area contributed by atoms with Crippen molar-refractivity contribution < 1.29 is 19.4 Å². The Morgan fingerprint density at radius 1 is 1.55 bits per heavy atom. The van der Waals surface area contributed by atoms with Crippen LogP contribution in [0.4, 0.5) is 0 Å². The lowest BCUT2D eigenvalue weighted by Crippen LogP contribution is -2.28. The molecule has 0 saturated carbocycles. The molecule has 4 nitrogen and oxygen atoms in total. The van der Waals surface area contributed by atoms with E-state index in [9.17, 15) is 9.59 Å². The van der Waals surface area contributed by atoms with Gasteiger partial charge in [0.2, 0.25) is 0 Å². The van der Waals surface area contributed by atoms with Gasteiger partial charge in [0.15, 0.2) is 6.61 Å². The van der Waals surface area contributed by atoms with Crippen LogP contribution in [0.15, 0.2) is 0 Å². The molecule has 0 radical (unpaired) electrons. The van der Waals surface area contributed by atoms with Gasteiger partial charge in [0.05, 0.1) is 0 Å². The number of halogens is 1. The molecule has 1 N–H and O–H groups in total. The Balaban J connectivity index is 3.80.